The molecule has 1 aliphatic rings. The molecule has 0 aromatic rings. The van der Waals surface area contributed by atoms with Gasteiger partial charge < -0.3 is 5.32 Å². The minimum absolute atomic E-state index is 0.368. The Balaban J connectivity index is 2.65. The van der Waals surface area contributed by atoms with Gasteiger partial charge in [-0.25, -0.2) is 0 Å². The van der Waals surface area contributed by atoms with Gasteiger partial charge in [0.25, 0.3) is 0 Å². The van der Waals surface area contributed by atoms with Gasteiger partial charge in [-0.2, -0.15) is 11.8 Å². The molecular formula is C14H30N2S. The van der Waals surface area contributed by atoms with Gasteiger partial charge >= 0.3 is 0 Å². The molecule has 0 bridgehead atoms. The molecule has 0 spiro atoms. The number of rotatable bonds is 4. The smallest absolute Gasteiger partial charge is 0.0270 e. The SMILES string of the molecule is CSCCN1CC(C(C)C)NCC1C(C)(C)C. The molecule has 0 aromatic heterocycles. The van der Waals surface area contributed by atoms with Crippen molar-refractivity contribution in [2.75, 3.05) is 31.6 Å². The van der Waals surface area contributed by atoms with Crippen LogP contribution in [0, 0.1) is 11.3 Å². The van der Waals surface area contributed by atoms with Crippen LogP contribution in [0.15, 0.2) is 0 Å². The van der Waals surface area contributed by atoms with Crippen LogP contribution >= 0.6 is 11.8 Å². The molecule has 2 atom stereocenters. The van der Waals surface area contributed by atoms with E-state index in [1.807, 2.05) is 11.8 Å². The van der Waals surface area contributed by atoms with E-state index < -0.39 is 0 Å². The predicted octanol–water partition coefficient (Wildman–Crippen LogP) is 2.69. The monoisotopic (exact) mass is 258 g/mol. The summed E-state index contributed by atoms with van der Waals surface area (Å²) in [6.07, 6.45) is 2.20. The number of thioether (sulfide) groups is 1. The van der Waals surface area contributed by atoms with E-state index in [4.69, 9.17) is 0 Å². The molecule has 17 heavy (non-hydrogen) atoms. The molecule has 1 saturated heterocycles. The van der Waals surface area contributed by atoms with Crippen LogP contribution in [0.25, 0.3) is 0 Å². The van der Waals surface area contributed by atoms with Crippen LogP contribution < -0.4 is 5.32 Å². The van der Waals surface area contributed by atoms with Gasteiger partial charge in [0, 0.05) is 37.5 Å². The van der Waals surface area contributed by atoms with Crippen LogP contribution in [-0.4, -0.2) is 48.6 Å². The molecule has 0 aliphatic carbocycles. The molecular weight excluding hydrogens is 228 g/mol. The van der Waals surface area contributed by atoms with E-state index in [1.165, 1.54) is 18.8 Å². The lowest BCUT2D eigenvalue weighted by atomic mass is 9.83. The minimum atomic E-state index is 0.368. The lowest BCUT2D eigenvalue weighted by Crippen LogP contribution is -2.62. The predicted molar refractivity (Wildman–Crippen MR) is 79.8 cm³/mol. The first-order chi connectivity index (χ1) is 7.86. The Morgan fingerprint density at radius 3 is 2.47 bits per heavy atom. The van der Waals surface area contributed by atoms with Gasteiger partial charge in [-0.3, -0.25) is 4.90 Å². The van der Waals surface area contributed by atoms with Gasteiger partial charge in [-0.1, -0.05) is 34.6 Å². The zero-order valence-electron chi connectivity index (χ0n) is 12.4. The Bertz CT molecular complexity index is 223. The average Bonchev–Trinajstić information content (AvgIpc) is 2.24. The summed E-state index contributed by atoms with van der Waals surface area (Å²) in [7, 11) is 0. The molecule has 1 N–H and O–H groups in total. The first-order valence-corrected chi connectivity index (χ1v) is 8.22. The van der Waals surface area contributed by atoms with Gasteiger partial charge in [0.15, 0.2) is 0 Å². The molecule has 1 fully saturated rings. The lowest BCUT2D eigenvalue weighted by Gasteiger charge is -2.47. The van der Waals surface area contributed by atoms with Gasteiger partial charge in [-0.15, -0.1) is 0 Å². The van der Waals surface area contributed by atoms with Crippen LogP contribution in [0.5, 0.6) is 0 Å². The molecule has 2 nitrogen and oxygen atoms in total. The van der Waals surface area contributed by atoms with Crippen LogP contribution in [0.1, 0.15) is 34.6 Å². The highest BCUT2D eigenvalue weighted by atomic mass is 32.2. The Morgan fingerprint density at radius 1 is 1.35 bits per heavy atom. The van der Waals surface area contributed by atoms with Crippen LogP contribution in [0.3, 0.4) is 0 Å². The zero-order chi connectivity index (χ0) is 13.1. The number of nitrogens with zero attached hydrogens (tertiary/aromatic N) is 1. The van der Waals surface area contributed by atoms with E-state index in [9.17, 15) is 0 Å². The largest absolute Gasteiger partial charge is 0.311 e. The normalized spacial score (nSPS) is 27.7. The third-order valence-corrected chi connectivity index (χ3v) is 4.42. The van der Waals surface area contributed by atoms with Crippen molar-refractivity contribution in [2.24, 2.45) is 11.3 Å². The Hall–Kier alpha value is 0.270. The van der Waals surface area contributed by atoms with Crippen molar-refractivity contribution >= 4 is 11.8 Å². The summed E-state index contributed by atoms with van der Waals surface area (Å²) < 4.78 is 0. The zero-order valence-corrected chi connectivity index (χ0v) is 13.2. The fourth-order valence-corrected chi connectivity index (χ4v) is 3.01. The summed E-state index contributed by atoms with van der Waals surface area (Å²) in [5, 5.41) is 3.73. The van der Waals surface area contributed by atoms with Crippen molar-refractivity contribution in [1.82, 2.24) is 10.2 Å². The van der Waals surface area contributed by atoms with Crippen molar-refractivity contribution in [3.05, 3.63) is 0 Å². The first-order valence-electron chi connectivity index (χ1n) is 6.82. The van der Waals surface area contributed by atoms with E-state index in [1.54, 1.807) is 0 Å². The summed E-state index contributed by atoms with van der Waals surface area (Å²) in [5.74, 6) is 1.98. The number of hydrogen-bond acceptors (Lipinski definition) is 3. The van der Waals surface area contributed by atoms with Crippen molar-refractivity contribution in [3.63, 3.8) is 0 Å². The molecule has 2 unspecified atom stereocenters. The molecule has 1 rings (SSSR count). The molecule has 0 saturated carbocycles. The van der Waals surface area contributed by atoms with Crippen molar-refractivity contribution < 1.29 is 0 Å². The van der Waals surface area contributed by atoms with E-state index >= 15 is 0 Å². The maximum atomic E-state index is 3.73. The minimum Gasteiger partial charge on any atom is -0.311 e. The topological polar surface area (TPSA) is 15.3 Å². The van der Waals surface area contributed by atoms with E-state index in [0.29, 0.717) is 17.5 Å². The number of piperazine rings is 1. The van der Waals surface area contributed by atoms with Crippen molar-refractivity contribution in [1.29, 1.82) is 0 Å². The fraction of sp³-hybridized carbons (Fsp3) is 1.00. The average molecular weight is 258 g/mol. The summed E-state index contributed by atoms with van der Waals surface area (Å²) in [5.41, 5.74) is 0.368. The second-order valence-electron chi connectivity index (χ2n) is 6.63. The van der Waals surface area contributed by atoms with Gasteiger partial charge in [0.05, 0.1) is 0 Å². The molecule has 3 heteroatoms. The molecule has 0 radical (unpaired) electrons. The molecule has 0 aromatic carbocycles. The summed E-state index contributed by atoms with van der Waals surface area (Å²) >= 11 is 1.96. The van der Waals surface area contributed by atoms with Crippen molar-refractivity contribution in [2.45, 2.75) is 46.7 Å². The maximum Gasteiger partial charge on any atom is 0.0270 e. The second-order valence-corrected chi connectivity index (χ2v) is 7.61. The highest BCUT2D eigenvalue weighted by Gasteiger charge is 2.35. The maximum absolute atomic E-state index is 3.73. The molecule has 1 heterocycles. The fourth-order valence-electron chi connectivity index (χ4n) is 2.59. The van der Waals surface area contributed by atoms with Gasteiger partial charge in [0.2, 0.25) is 0 Å². The highest BCUT2D eigenvalue weighted by Crippen LogP contribution is 2.27. The summed E-state index contributed by atoms with van der Waals surface area (Å²) in [4.78, 5) is 2.71. The van der Waals surface area contributed by atoms with Gasteiger partial charge in [-0.05, 0) is 17.6 Å². The van der Waals surface area contributed by atoms with Crippen molar-refractivity contribution in [3.8, 4) is 0 Å². The van der Waals surface area contributed by atoms with E-state index in [0.717, 1.165) is 12.5 Å². The molecule has 0 amide bonds. The van der Waals surface area contributed by atoms with Crippen LogP contribution in [0.2, 0.25) is 0 Å². The quantitative estimate of drug-likeness (QED) is 0.835. The summed E-state index contributed by atoms with van der Waals surface area (Å²) in [6, 6.07) is 1.33. The van der Waals surface area contributed by atoms with Gasteiger partial charge in [0.1, 0.15) is 0 Å². The summed E-state index contributed by atoms with van der Waals surface area (Å²) in [6.45, 7) is 15.3. The lowest BCUT2D eigenvalue weighted by molar-refractivity contribution is 0.0516. The van der Waals surface area contributed by atoms with Crippen LogP contribution in [-0.2, 0) is 0 Å². The molecule has 1 aliphatic heterocycles. The molecule has 102 valence electrons. The Labute approximate surface area is 112 Å². The number of hydrogen-bond donors (Lipinski definition) is 1. The standard InChI is InChI=1S/C14H30N2S/c1-11(2)12-10-16(7-8-17-6)13(9-15-12)14(3,4)5/h11-13,15H,7-10H2,1-6H3. The number of nitrogens with one attached hydrogen (secondary N) is 1. The third kappa shape index (κ3) is 4.46. The van der Waals surface area contributed by atoms with E-state index in [-0.39, 0.29) is 0 Å². The first kappa shape index (κ1) is 15.3. The van der Waals surface area contributed by atoms with Crippen LogP contribution in [0.4, 0.5) is 0 Å². The second kappa shape index (κ2) is 6.44. The highest BCUT2D eigenvalue weighted by molar-refractivity contribution is 7.98. The van der Waals surface area contributed by atoms with E-state index in [2.05, 4.69) is 51.1 Å². The Morgan fingerprint density at radius 2 is 2.00 bits per heavy atom. The third-order valence-electron chi connectivity index (χ3n) is 3.83. The Kier molecular flexibility index (Phi) is 5.81.